The number of aryl methyl sites for hydroxylation is 3. The van der Waals surface area contributed by atoms with Crippen LogP contribution in [0.15, 0.2) is 30.3 Å². The van der Waals surface area contributed by atoms with Crippen molar-refractivity contribution in [2.75, 3.05) is 0 Å². The first-order valence-corrected chi connectivity index (χ1v) is 6.33. The number of aromatic carboxylic acids is 1. The fourth-order valence-electron chi connectivity index (χ4n) is 2.11. The predicted molar refractivity (Wildman–Crippen MR) is 75.5 cm³/mol. The maximum Gasteiger partial charge on any atom is 0.337 e. The van der Waals surface area contributed by atoms with Gasteiger partial charge in [-0.1, -0.05) is 31.2 Å². The molecule has 0 aliphatic rings. The van der Waals surface area contributed by atoms with Crippen molar-refractivity contribution < 1.29 is 9.90 Å². The molecule has 0 saturated carbocycles. The Kier molecular flexibility index (Phi) is 3.65. The van der Waals surface area contributed by atoms with Gasteiger partial charge in [0.15, 0.2) is 0 Å². The van der Waals surface area contributed by atoms with E-state index in [4.69, 9.17) is 5.11 Å². The first kappa shape index (κ1) is 13.3. The quantitative estimate of drug-likeness (QED) is 0.911. The molecule has 1 heterocycles. The number of carboxylic acids is 1. The van der Waals surface area contributed by atoms with E-state index in [2.05, 4.69) is 24.0 Å². The van der Waals surface area contributed by atoms with Crippen molar-refractivity contribution in [2.24, 2.45) is 0 Å². The Morgan fingerprint density at radius 2 is 1.84 bits per heavy atom. The van der Waals surface area contributed by atoms with Crippen molar-refractivity contribution in [3.63, 3.8) is 0 Å². The number of benzene rings is 1. The van der Waals surface area contributed by atoms with E-state index in [9.17, 15) is 4.79 Å². The van der Waals surface area contributed by atoms with E-state index in [1.807, 2.05) is 19.1 Å². The molecule has 2 aromatic rings. The number of hydrogen-bond donors (Lipinski definition) is 1. The molecule has 0 radical (unpaired) electrons. The van der Waals surface area contributed by atoms with Crippen LogP contribution in [-0.4, -0.2) is 16.1 Å². The van der Waals surface area contributed by atoms with Crippen molar-refractivity contribution in [1.82, 2.24) is 4.98 Å². The van der Waals surface area contributed by atoms with Crippen LogP contribution in [0, 0.1) is 13.8 Å². The number of pyridine rings is 1. The summed E-state index contributed by atoms with van der Waals surface area (Å²) >= 11 is 0. The molecule has 1 aromatic carbocycles. The molecular weight excluding hydrogens is 238 g/mol. The minimum Gasteiger partial charge on any atom is -0.478 e. The van der Waals surface area contributed by atoms with E-state index >= 15 is 0 Å². The number of carboxylic acid groups (broad SMARTS) is 1. The second kappa shape index (κ2) is 5.22. The fourth-order valence-corrected chi connectivity index (χ4v) is 2.11. The number of nitrogens with zero attached hydrogens (tertiary/aromatic N) is 1. The molecule has 3 nitrogen and oxygen atoms in total. The predicted octanol–water partition coefficient (Wildman–Crippen LogP) is 3.63. The maximum atomic E-state index is 11.1. The van der Waals surface area contributed by atoms with Crippen molar-refractivity contribution in [3.8, 4) is 11.3 Å². The lowest BCUT2D eigenvalue weighted by Gasteiger charge is -2.09. The van der Waals surface area contributed by atoms with Crippen LogP contribution in [0.2, 0.25) is 0 Å². The summed E-state index contributed by atoms with van der Waals surface area (Å²) in [6.07, 6.45) is 1.00. The molecular formula is C16H17NO2. The lowest BCUT2D eigenvalue weighted by atomic mass is 10.0. The summed E-state index contributed by atoms with van der Waals surface area (Å²) in [4.78, 5) is 15.5. The molecule has 1 aromatic heterocycles. The smallest absolute Gasteiger partial charge is 0.337 e. The summed E-state index contributed by atoms with van der Waals surface area (Å²) in [6, 6.07) is 9.92. The number of aromatic nitrogens is 1. The second-order valence-electron chi connectivity index (χ2n) is 4.64. The van der Waals surface area contributed by atoms with Crippen molar-refractivity contribution in [2.45, 2.75) is 27.2 Å². The van der Waals surface area contributed by atoms with E-state index in [0.29, 0.717) is 5.69 Å². The van der Waals surface area contributed by atoms with Gasteiger partial charge in [-0.2, -0.15) is 0 Å². The monoisotopic (exact) mass is 255 g/mol. The first-order chi connectivity index (χ1) is 9.02. The van der Waals surface area contributed by atoms with Gasteiger partial charge >= 0.3 is 5.97 Å². The van der Waals surface area contributed by atoms with Crippen LogP contribution in [0.4, 0.5) is 0 Å². The Bertz CT molecular complexity index is 615. The van der Waals surface area contributed by atoms with Crippen LogP contribution in [-0.2, 0) is 6.42 Å². The third kappa shape index (κ3) is 2.65. The van der Waals surface area contributed by atoms with Gasteiger partial charge in [0.05, 0.1) is 17.0 Å². The maximum absolute atomic E-state index is 11.1. The number of rotatable bonds is 3. The van der Waals surface area contributed by atoms with Gasteiger partial charge in [-0.3, -0.25) is 4.98 Å². The molecule has 1 N–H and O–H groups in total. The van der Waals surface area contributed by atoms with E-state index < -0.39 is 5.97 Å². The van der Waals surface area contributed by atoms with E-state index in [1.165, 1.54) is 5.56 Å². The molecule has 0 fully saturated rings. The van der Waals surface area contributed by atoms with Gasteiger partial charge in [0.1, 0.15) is 0 Å². The number of hydrogen-bond acceptors (Lipinski definition) is 2. The molecule has 0 unspecified atom stereocenters. The van der Waals surface area contributed by atoms with Gasteiger partial charge in [-0.05, 0) is 37.5 Å². The highest BCUT2D eigenvalue weighted by atomic mass is 16.4. The minimum atomic E-state index is -0.930. The Morgan fingerprint density at radius 3 is 2.37 bits per heavy atom. The highest BCUT2D eigenvalue weighted by Gasteiger charge is 2.12. The van der Waals surface area contributed by atoms with Crippen LogP contribution in [0.3, 0.4) is 0 Å². The first-order valence-electron chi connectivity index (χ1n) is 6.33. The van der Waals surface area contributed by atoms with E-state index in [1.54, 1.807) is 13.0 Å². The second-order valence-corrected chi connectivity index (χ2v) is 4.64. The van der Waals surface area contributed by atoms with Crippen molar-refractivity contribution in [1.29, 1.82) is 0 Å². The van der Waals surface area contributed by atoms with Gasteiger partial charge < -0.3 is 5.11 Å². The molecule has 0 saturated heterocycles. The standard InChI is InChI=1S/C16H17NO2/c1-4-12-5-7-13(8-6-12)15-10(2)9-14(16(18)19)11(3)17-15/h5-9H,4H2,1-3H3,(H,18,19). The highest BCUT2D eigenvalue weighted by Crippen LogP contribution is 2.24. The van der Waals surface area contributed by atoms with Gasteiger partial charge in [0.2, 0.25) is 0 Å². The van der Waals surface area contributed by atoms with Crippen LogP contribution in [0.5, 0.6) is 0 Å². The summed E-state index contributed by atoms with van der Waals surface area (Å²) in [5, 5.41) is 9.08. The average molecular weight is 255 g/mol. The molecule has 0 aliphatic carbocycles. The molecule has 98 valence electrons. The molecule has 0 aliphatic heterocycles. The minimum absolute atomic E-state index is 0.270. The summed E-state index contributed by atoms with van der Waals surface area (Å²) in [5.74, 6) is -0.930. The fraction of sp³-hybridized carbons (Fsp3) is 0.250. The Balaban J connectivity index is 2.50. The summed E-state index contributed by atoms with van der Waals surface area (Å²) in [5.41, 5.74) is 4.85. The van der Waals surface area contributed by atoms with E-state index in [-0.39, 0.29) is 5.56 Å². The van der Waals surface area contributed by atoms with Gasteiger partial charge in [0, 0.05) is 5.56 Å². The third-order valence-corrected chi connectivity index (χ3v) is 3.27. The Hall–Kier alpha value is -2.16. The topological polar surface area (TPSA) is 50.2 Å². The normalized spacial score (nSPS) is 10.5. The van der Waals surface area contributed by atoms with Crippen LogP contribution >= 0.6 is 0 Å². The van der Waals surface area contributed by atoms with E-state index in [0.717, 1.165) is 23.2 Å². The highest BCUT2D eigenvalue weighted by molar-refractivity contribution is 5.89. The third-order valence-electron chi connectivity index (χ3n) is 3.27. The zero-order valence-electron chi connectivity index (χ0n) is 11.4. The van der Waals surface area contributed by atoms with Gasteiger partial charge in [-0.25, -0.2) is 4.79 Å². The Morgan fingerprint density at radius 1 is 1.21 bits per heavy atom. The summed E-state index contributed by atoms with van der Waals surface area (Å²) < 4.78 is 0. The van der Waals surface area contributed by atoms with Gasteiger partial charge in [-0.15, -0.1) is 0 Å². The SMILES string of the molecule is CCc1ccc(-c2nc(C)c(C(=O)O)cc2C)cc1. The van der Waals surface area contributed by atoms with Crippen molar-refractivity contribution in [3.05, 3.63) is 52.7 Å². The average Bonchev–Trinajstić information content (AvgIpc) is 2.41. The van der Waals surface area contributed by atoms with Crippen LogP contribution < -0.4 is 0 Å². The zero-order valence-corrected chi connectivity index (χ0v) is 11.4. The zero-order chi connectivity index (χ0) is 14.0. The number of carbonyl (C=O) groups is 1. The lowest BCUT2D eigenvalue weighted by molar-refractivity contribution is 0.0695. The Labute approximate surface area is 112 Å². The van der Waals surface area contributed by atoms with Crippen LogP contribution in [0.25, 0.3) is 11.3 Å². The molecule has 3 heteroatoms. The molecule has 19 heavy (non-hydrogen) atoms. The molecule has 0 atom stereocenters. The van der Waals surface area contributed by atoms with Crippen LogP contribution in [0.1, 0.15) is 34.1 Å². The molecule has 0 amide bonds. The molecule has 0 bridgehead atoms. The largest absolute Gasteiger partial charge is 0.478 e. The lowest BCUT2D eigenvalue weighted by Crippen LogP contribution is -2.04. The van der Waals surface area contributed by atoms with Gasteiger partial charge in [0.25, 0.3) is 0 Å². The molecule has 0 spiro atoms. The molecule has 2 rings (SSSR count). The summed E-state index contributed by atoms with van der Waals surface area (Å²) in [7, 11) is 0. The van der Waals surface area contributed by atoms with Crippen molar-refractivity contribution >= 4 is 5.97 Å². The summed E-state index contributed by atoms with van der Waals surface area (Å²) in [6.45, 7) is 5.74.